The minimum absolute atomic E-state index is 0.184. The highest BCUT2D eigenvalue weighted by atomic mass is 35.5. The van der Waals surface area contributed by atoms with E-state index in [0.29, 0.717) is 34.0 Å². The number of halogens is 1. The second kappa shape index (κ2) is 5.06. The number of pyridine rings is 1. The molecule has 3 rings (SSSR count). The number of benzene rings is 1. The third-order valence-electron chi connectivity index (χ3n) is 3.11. The van der Waals surface area contributed by atoms with Crippen LogP contribution in [0, 0.1) is 0 Å². The Morgan fingerprint density at radius 1 is 1.20 bits per heavy atom. The third-order valence-corrected chi connectivity index (χ3v) is 3.43. The molecule has 0 unspecified atom stereocenters. The van der Waals surface area contributed by atoms with E-state index < -0.39 is 0 Å². The van der Waals surface area contributed by atoms with Gasteiger partial charge in [-0.25, -0.2) is 14.5 Å². The zero-order chi connectivity index (χ0) is 14.1. The number of aromatic nitrogens is 3. The van der Waals surface area contributed by atoms with Gasteiger partial charge >= 0.3 is 0 Å². The van der Waals surface area contributed by atoms with Crippen LogP contribution in [0.15, 0.2) is 47.4 Å². The van der Waals surface area contributed by atoms with Crippen molar-refractivity contribution >= 4 is 22.5 Å². The molecule has 0 N–H and O–H groups in total. The lowest BCUT2D eigenvalue weighted by Gasteiger charge is -2.11. The van der Waals surface area contributed by atoms with Gasteiger partial charge in [-0.15, -0.1) is 0 Å². The Morgan fingerprint density at radius 2 is 2.05 bits per heavy atom. The second-order valence-electron chi connectivity index (χ2n) is 4.34. The Balaban J connectivity index is 2.45. The minimum atomic E-state index is -0.184. The normalized spacial score (nSPS) is 10.9. The summed E-state index contributed by atoms with van der Waals surface area (Å²) in [5.74, 6) is 1.23. The van der Waals surface area contributed by atoms with Crippen LogP contribution in [0.4, 0.5) is 0 Å². The molecule has 0 amide bonds. The molecule has 2 heterocycles. The molecule has 0 aliphatic heterocycles. The summed E-state index contributed by atoms with van der Waals surface area (Å²) in [6, 6.07) is 10.7. The van der Waals surface area contributed by atoms with Crippen LogP contribution >= 0.6 is 11.6 Å². The van der Waals surface area contributed by atoms with Gasteiger partial charge in [0, 0.05) is 12.6 Å². The maximum Gasteiger partial charge on any atom is 0.268 e. The Bertz CT molecular complexity index is 828. The van der Waals surface area contributed by atoms with Crippen molar-refractivity contribution in [3.05, 3.63) is 63.8 Å². The molecule has 0 atom stereocenters. The first-order valence-electron chi connectivity index (χ1n) is 6.34. The lowest BCUT2D eigenvalue weighted by atomic mass is 10.2. The smallest absolute Gasteiger partial charge is 0.268 e. The highest BCUT2D eigenvalue weighted by molar-refractivity contribution is 6.35. The monoisotopic (exact) mass is 285 g/mol. The van der Waals surface area contributed by atoms with Crippen molar-refractivity contribution < 1.29 is 0 Å². The highest BCUT2D eigenvalue weighted by Crippen LogP contribution is 2.19. The minimum Gasteiger partial charge on any atom is -0.268 e. The Labute approximate surface area is 120 Å². The maximum atomic E-state index is 12.7. The molecule has 4 nitrogen and oxygen atoms in total. The number of hydrogen-bond donors (Lipinski definition) is 0. The highest BCUT2D eigenvalue weighted by Gasteiger charge is 2.14. The molecule has 1 aromatic carbocycles. The van der Waals surface area contributed by atoms with Gasteiger partial charge in [-0.05, 0) is 24.3 Å². The molecular formula is C15H12ClN3O. The summed E-state index contributed by atoms with van der Waals surface area (Å²) < 4.78 is 1.52. The molecule has 100 valence electrons. The lowest BCUT2D eigenvalue weighted by molar-refractivity contribution is 0.812. The Morgan fingerprint density at radius 3 is 2.75 bits per heavy atom. The van der Waals surface area contributed by atoms with Crippen LogP contribution in [0.1, 0.15) is 12.7 Å². The Hall–Kier alpha value is -2.20. The SMILES string of the molecule is CCc1nc2cccc(Cl)c2c(=O)n1-c1ccccn1. The van der Waals surface area contributed by atoms with Gasteiger partial charge < -0.3 is 0 Å². The fourth-order valence-electron chi connectivity index (χ4n) is 2.20. The molecule has 0 aliphatic carbocycles. The van der Waals surface area contributed by atoms with E-state index in [0.717, 1.165) is 0 Å². The first-order chi connectivity index (χ1) is 9.72. The topological polar surface area (TPSA) is 47.8 Å². The van der Waals surface area contributed by atoms with Crippen LogP contribution in [0.3, 0.4) is 0 Å². The van der Waals surface area contributed by atoms with Gasteiger partial charge in [0.15, 0.2) is 0 Å². The summed E-state index contributed by atoms with van der Waals surface area (Å²) in [5.41, 5.74) is 0.433. The van der Waals surface area contributed by atoms with Crippen LogP contribution in [0.5, 0.6) is 0 Å². The second-order valence-corrected chi connectivity index (χ2v) is 4.75. The summed E-state index contributed by atoms with van der Waals surface area (Å²) >= 11 is 6.14. The fourth-order valence-corrected chi connectivity index (χ4v) is 2.45. The van der Waals surface area contributed by atoms with E-state index in [1.807, 2.05) is 19.1 Å². The first kappa shape index (κ1) is 12.8. The van der Waals surface area contributed by atoms with Gasteiger partial charge in [-0.2, -0.15) is 0 Å². The number of rotatable bonds is 2. The van der Waals surface area contributed by atoms with Gasteiger partial charge in [-0.3, -0.25) is 4.79 Å². The van der Waals surface area contributed by atoms with E-state index in [9.17, 15) is 4.79 Å². The van der Waals surface area contributed by atoms with Gasteiger partial charge in [0.25, 0.3) is 5.56 Å². The van der Waals surface area contributed by atoms with Crippen molar-refractivity contribution in [2.45, 2.75) is 13.3 Å². The summed E-state index contributed by atoms with van der Waals surface area (Å²) in [5, 5.41) is 0.837. The van der Waals surface area contributed by atoms with E-state index in [1.165, 1.54) is 4.57 Å². The summed E-state index contributed by atoms with van der Waals surface area (Å²) in [6.45, 7) is 1.96. The Kier molecular flexibility index (Phi) is 3.24. The molecular weight excluding hydrogens is 274 g/mol. The number of fused-ring (bicyclic) bond motifs is 1. The van der Waals surface area contributed by atoms with Crippen LogP contribution in [0.2, 0.25) is 5.02 Å². The van der Waals surface area contributed by atoms with Crippen molar-refractivity contribution in [2.75, 3.05) is 0 Å². The molecule has 3 aromatic rings. The summed E-state index contributed by atoms with van der Waals surface area (Å²) in [7, 11) is 0. The van der Waals surface area contributed by atoms with Crippen LogP contribution in [-0.4, -0.2) is 14.5 Å². The van der Waals surface area contributed by atoms with Crippen molar-refractivity contribution in [3.63, 3.8) is 0 Å². The standard InChI is InChI=1S/C15H12ClN3O/c1-2-12-18-11-7-5-6-10(16)14(11)15(20)19(12)13-8-3-4-9-17-13/h3-9H,2H2,1H3. The molecule has 0 aliphatic rings. The molecule has 0 saturated heterocycles. The average molecular weight is 286 g/mol. The number of nitrogens with zero attached hydrogens (tertiary/aromatic N) is 3. The molecule has 0 bridgehead atoms. The van der Waals surface area contributed by atoms with Crippen LogP contribution in [-0.2, 0) is 6.42 Å². The van der Waals surface area contributed by atoms with Gasteiger partial charge in [0.05, 0.1) is 15.9 Å². The van der Waals surface area contributed by atoms with Gasteiger partial charge in [-0.1, -0.05) is 30.7 Å². The predicted molar refractivity (Wildman–Crippen MR) is 79.5 cm³/mol. The maximum absolute atomic E-state index is 12.7. The van der Waals surface area contributed by atoms with E-state index in [1.54, 1.807) is 30.5 Å². The van der Waals surface area contributed by atoms with Crippen molar-refractivity contribution in [1.82, 2.24) is 14.5 Å². The number of hydrogen-bond acceptors (Lipinski definition) is 3. The molecule has 0 radical (unpaired) electrons. The van der Waals surface area contributed by atoms with E-state index >= 15 is 0 Å². The zero-order valence-corrected chi connectivity index (χ0v) is 11.6. The average Bonchev–Trinajstić information content (AvgIpc) is 2.47. The van der Waals surface area contributed by atoms with Crippen molar-refractivity contribution in [1.29, 1.82) is 0 Å². The first-order valence-corrected chi connectivity index (χ1v) is 6.71. The molecule has 0 saturated carbocycles. The lowest BCUT2D eigenvalue weighted by Crippen LogP contribution is -2.24. The molecule has 0 spiro atoms. The van der Waals surface area contributed by atoms with Gasteiger partial charge in [0.2, 0.25) is 0 Å². The zero-order valence-electron chi connectivity index (χ0n) is 10.9. The van der Waals surface area contributed by atoms with E-state index in [4.69, 9.17) is 11.6 Å². The molecule has 5 heteroatoms. The predicted octanol–water partition coefficient (Wildman–Crippen LogP) is 3.00. The summed E-state index contributed by atoms with van der Waals surface area (Å²) in [6.07, 6.45) is 2.28. The van der Waals surface area contributed by atoms with Crippen LogP contribution in [0.25, 0.3) is 16.7 Å². The molecule has 0 fully saturated rings. The van der Waals surface area contributed by atoms with Crippen LogP contribution < -0.4 is 5.56 Å². The van der Waals surface area contributed by atoms with Gasteiger partial charge in [0.1, 0.15) is 11.6 Å². The van der Waals surface area contributed by atoms with E-state index in [2.05, 4.69) is 9.97 Å². The largest absolute Gasteiger partial charge is 0.268 e. The quantitative estimate of drug-likeness (QED) is 0.727. The fraction of sp³-hybridized carbons (Fsp3) is 0.133. The van der Waals surface area contributed by atoms with Crippen molar-refractivity contribution in [3.8, 4) is 5.82 Å². The summed E-state index contributed by atoms with van der Waals surface area (Å²) in [4.78, 5) is 21.5. The van der Waals surface area contributed by atoms with E-state index in [-0.39, 0.29) is 5.56 Å². The van der Waals surface area contributed by atoms with Crippen molar-refractivity contribution in [2.24, 2.45) is 0 Å². The number of aryl methyl sites for hydroxylation is 1. The third kappa shape index (κ3) is 1.98. The molecule has 20 heavy (non-hydrogen) atoms. The molecule has 2 aromatic heterocycles.